The summed E-state index contributed by atoms with van der Waals surface area (Å²) in [6.07, 6.45) is 25.3. The lowest BCUT2D eigenvalue weighted by Crippen LogP contribution is -2.42. The third-order valence-electron chi connectivity index (χ3n) is 7.44. The van der Waals surface area contributed by atoms with Crippen molar-refractivity contribution in [1.82, 2.24) is 0 Å². The van der Waals surface area contributed by atoms with Gasteiger partial charge in [-0.2, -0.15) is 0 Å². The second kappa shape index (κ2) is 5.25. The molecule has 0 amide bonds. The molecule has 0 heteroatoms. The van der Waals surface area contributed by atoms with Gasteiger partial charge < -0.3 is 0 Å². The van der Waals surface area contributed by atoms with E-state index in [4.69, 9.17) is 0 Å². The van der Waals surface area contributed by atoms with Crippen LogP contribution in [0.4, 0.5) is 0 Å². The standard InChI is InChI=1S/C22H28/c1-3-7-17-15(5-1)9-11-21-19(17)13-14-20-18-8-4-2-6-16(18)10-12-22(20)21/h1,5,7,9,11,16,18-20,22H,2-4,6,8,10,12-14H2. The van der Waals surface area contributed by atoms with Crippen molar-refractivity contribution in [2.24, 2.45) is 29.6 Å². The van der Waals surface area contributed by atoms with Crippen molar-refractivity contribution in [3.05, 3.63) is 47.1 Å². The topological polar surface area (TPSA) is 0 Å². The molecule has 0 saturated heterocycles. The van der Waals surface area contributed by atoms with Gasteiger partial charge in [0.25, 0.3) is 0 Å². The quantitative estimate of drug-likeness (QED) is 0.515. The lowest BCUT2D eigenvalue weighted by atomic mass is 9.53. The first-order valence-corrected chi connectivity index (χ1v) is 9.70. The van der Waals surface area contributed by atoms with Gasteiger partial charge in [-0.3, -0.25) is 0 Å². The molecule has 0 nitrogen and oxygen atoms in total. The van der Waals surface area contributed by atoms with E-state index < -0.39 is 0 Å². The van der Waals surface area contributed by atoms with E-state index in [1.807, 2.05) is 5.57 Å². The fourth-order valence-electron chi connectivity index (χ4n) is 6.54. The first kappa shape index (κ1) is 13.4. The minimum absolute atomic E-state index is 0.770. The zero-order valence-electron chi connectivity index (χ0n) is 13.6. The maximum atomic E-state index is 2.53. The van der Waals surface area contributed by atoms with Crippen LogP contribution < -0.4 is 0 Å². The van der Waals surface area contributed by atoms with Crippen molar-refractivity contribution in [3.63, 3.8) is 0 Å². The van der Waals surface area contributed by atoms with E-state index in [-0.39, 0.29) is 0 Å². The Balaban J connectivity index is 1.48. The van der Waals surface area contributed by atoms with Gasteiger partial charge in [-0.05, 0) is 73.3 Å². The first-order chi connectivity index (χ1) is 10.9. The summed E-state index contributed by atoms with van der Waals surface area (Å²) < 4.78 is 0. The molecule has 5 aliphatic carbocycles. The molecule has 116 valence electrons. The van der Waals surface area contributed by atoms with E-state index in [1.165, 1.54) is 56.9 Å². The fourth-order valence-corrected chi connectivity index (χ4v) is 6.54. The third kappa shape index (κ3) is 1.95. The summed E-state index contributed by atoms with van der Waals surface area (Å²) in [6, 6.07) is 0. The number of allylic oxidation sites excluding steroid dienone is 8. The zero-order chi connectivity index (χ0) is 14.5. The van der Waals surface area contributed by atoms with Crippen LogP contribution in [0.15, 0.2) is 47.1 Å². The van der Waals surface area contributed by atoms with Gasteiger partial charge in [0, 0.05) is 5.92 Å². The summed E-state index contributed by atoms with van der Waals surface area (Å²) >= 11 is 0. The van der Waals surface area contributed by atoms with Crippen LogP contribution in [0.2, 0.25) is 0 Å². The van der Waals surface area contributed by atoms with E-state index in [1.54, 1.807) is 5.57 Å². The van der Waals surface area contributed by atoms with E-state index in [2.05, 4.69) is 30.4 Å². The molecule has 3 saturated carbocycles. The second-order valence-corrected chi connectivity index (χ2v) is 8.27. The van der Waals surface area contributed by atoms with Gasteiger partial charge in [0.2, 0.25) is 0 Å². The highest BCUT2D eigenvalue weighted by atomic mass is 14.5. The SMILES string of the molecule is C1=CC2=CC=C3C(CCC4C3CCC3CCCCC34)C2=CC1. The molecule has 0 spiro atoms. The van der Waals surface area contributed by atoms with E-state index >= 15 is 0 Å². The molecule has 5 rings (SSSR count). The minimum Gasteiger partial charge on any atom is -0.0801 e. The summed E-state index contributed by atoms with van der Waals surface area (Å²) in [5.74, 6) is 4.86. The van der Waals surface area contributed by atoms with Crippen LogP contribution in [0.25, 0.3) is 0 Å². The van der Waals surface area contributed by atoms with Gasteiger partial charge in [-0.1, -0.05) is 55.2 Å². The molecule has 0 N–H and O–H groups in total. The van der Waals surface area contributed by atoms with Crippen molar-refractivity contribution in [1.29, 1.82) is 0 Å². The Kier molecular flexibility index (Phi) is 3.20. The van der Waals surface area contributed by atoms with Crippen LogP contribution >= 0.6 is 0 Å². The highest BCUT2D eigenvalue weighted by molar-refractivity contribution is 5.53. The van der Waals surface area contributed by atoms with E-state index in [9.17, 15) is 0 Å². The summed E-state index contributed by atoms with van der Waals surface area (Å²) in [4.78, 5) is 0. The van der Waals surface area contributed by atoms with Gasteiger partial charge in [0.15, 0.2) is 0 Å². The first-order valence-electron chi connectivity index (χ1n) is 9.70. The molecule has 0 radical (unpaired) electrons. The maximum absolute atomic E-state index is 2.53. The van der Waals surface area contributed by atoms with Gasteiger partial charge in [0.1, 0.15) is 0 Å². The van der Waals surface area contributed by atoms with Crippen molar-refractivity contribution in [2.45, 2.75) is 57.8 Å². The Morgan fingerprint density at radius 1 is 0.818 bits per heavy atom. The largest absolute Gasteiger partial charge is 0.0801 e. The van der Waals surface area contributed by atoms with Gasteiger partial charge >= 0.3 is 0 Å². The zero-order valence-corrected chi connectivity index (χ0v) is 13.6. The van der Waals surface area contributed by atoms with Gasteiger partial charge in [-0.25, -0.2) is 0 Å². The molecule has 22 heavy (non-hydrogen) atoms. The number of rotatable bonds is 0. The third-order valence-corrected chi connectivity index (χ3v) is 7.44. The Hall–Kier alpha value is -1.04. The summed E-state index contributed by atoms with van der Waals surface area (Å²) in [5.41, 5.74) is 5.00. The smallest absolute Gasteiger partial charge is 0.00571 e. The van der Waals surface area contributed by atoms with Crippen molar-refractivity contribution >= 4 is 0 Å². The van der Waals surface area contributed by atoms with E-state index in [0.29, 0.717) is 0 Å². The number of fused-ring (bicyclic) bond motifs is 7. The van der Waals surface area contributed by atoms with Crippen molar-refractivity contribution in [3.8, 4) is 0 Å². The van der Waals surface area contributed by atoms with Crippen LogP contribution in [0, 0.1) is 29.6 Å². The summed E-state index contributed by atoms with van der Waals surface area (Å²) in [7, 11) is 0. The Labute approximate surface area is 135 Å². The molecule has 5 unspecified atom stereocenters. The second-order valence-electron chi connectivity index (χ2n) is 8.27. The summed E-state index contributed by atoms with van der Waals surface area (Å²) in [5, 5.41) is 0. The average molecular weight is 292 g/mol. The predicted octanol–water partition coefficient (Wildman–Crippen LogP) is 5.98. The fraction of sp³-hybridized carbons (Fsp3) is 0.636. The van der Waals surface area contributed by atoms with Crippen LogP contribution in [0.3, 0.4) is 0 Å². The van der Waals surface area contributed by atoms with Crippen LogP contribution in [-0.2, 0) is 0 Å². The highest BCUT2D eigenvalue weighted by Crippen LogP contribution is 2.56. The van der Waals surface area contributed by atoms with Crippen molar-refractivity contribution in [2.75, 3.05) is 0 Å². The van der Waals surface area contributed by atoms with Crippen LogP contribution in [0.5, 0.6) is 0 Å². The molecule has 0 heterocycles. The molecule has 0 aromatic heterocycles. The molecule has 0 aromatic rings. The number of hydrogen-bond acceptors (Lipinski definition) is 0. The maximum Gasteiger partial charge on any atom is 0.00571 e. The normalized spacial score (nSPS) is 42.9. The van der Waals surface area contributed by atoms with Gasteiger partial charge in [-0.15, -0.1) is 0 Å². The molecule has 5 atom stereocenters. The van der Waals surface area contributed by atoms with Crippen LogP contribution in [0.1, 0.15) is 57.8 Å². The van der Waals surface area contributed by atoms with Gasteiger partial charge in [0.05, 0.1) is 0 Å². The molecule has 0 bridgehead atoms. The minimum atomic E-state index is 0.770. The molecule has 0 aliphatic heterocycles. The van der Waals surface area contributed by atoms with Crippen LogP contribution in [-0.4, -0.2) is 0 Å². The Morgan fingerprint density at radius 2 is 1.77 bits per heavy atom. The molecular weight excluding hydrogens is 264 g/mol. The average Bonchev–Trinajstić information content (AvgIpc) is 2.60. The Morgan fingerprint density at radius 3 is 2.77 bits per heavy atom. The van der Waals surface area contributed by atoms with E-state index in [0.717, 1.165) is 36.0 Å². The lowest BCUT2D eigenvalue weighted by molar-refractivity contribution is 0.0442. The number of hydrogen-bond donors (Lipinski definition) is 0. The Bertz CT molecular complexity index is 585. The monoisotopic (exact) mass is 292 g/mol. The predicted molar refractivity (Wildman–Crippen MR) is 92.4 cm³/mol. The summed E-state index contributed by atoms with van der Waals surface area (Å²) in [6.45, 7) is 0. The highest BCUT2D eigenvalue weighted by Gasteiger charge is 2.46. The molecule has 5 aliphatic rings. The molecule has 0 aromatic carbocycles. The lowest BCUT2D eigenvalue weighted by Gasteiger charge is -2.51. The molecular formula is C22H28. The molecule has 3 fully saturated rings. The van der Waals surface area contributed by atoms with Crippen molar-refractivity contribution < 1.29 is 0 Å².